The number of unbranched alkanes of at least 4 members (excludes halogenated alkanes) is 13. The Kier molecular flexibility index (Phi) is 18.1. The van der Waals surface area contributed by atoms with Crippen LogP contribution in [0.3, 0.4) is 0 Å². The summed E-state index contributed by atoms with van der Waals surface area (Å²) in [7, 11) is 0. The summed E-state index contributed by atoms with van der Waals surface area (Å²) in [5.41, 5.74) is 1.22. The number of rotatable bonds is 17. The van der Waals surface area contributed by atoms with Crippen molar-refractivity contribution >= 4 is 0 Å². The topological polar surface area (TPSA) is 0 Å². The molecule has 0 saturated heterocycles. The standard InChI is InChI=1S/C22H41/c1-4-5-6-7-8-9-10-11-12-13-14-15-16-17-18-19-20-21-22(2)3/h11-12,21H,2,4-10,13-20H2,1,3H3/b12-11-. The second-order valence-corrected chi connectivity index (χ2v) is 6.78. The highest BCUT2D eigenvalue weighted by molar-refractivity contribution is 5.02. The summed E-state index contributed by atoms with van der Waals surface area (Å²) in [5.74, 6) is 0. The van der Waals surface area contributed by atoms with Crippen molar-refractivity contribution in [2.45, 2.75) is 110 Å². The van der Waals surface area contributed by atoms with Crippen LogP contribution in [-0.4, -0.2) is 0 Å². The van der Waals surface area contributed by atoms with Crippen molar-refractivity contribution in [3.63, 3.8) is 0 Å². The van der Waals surface area contributed by atoms with Crippen LogP contribution in [0.15, 0.2) is 24.3 Å². The maximum atomic E-state index is 3.90. The molecule has 22 heavy (non-hydrogen) atoms. The Hall–Kier alpha value is -0.520. The normalized spacial score (nSPS) is 11.4. The van der Waals surface area contributed by atoms with Gasteiger partial charge in [0.1, 0.15) is 0 Å². The van der Waals surface area contributed by atoms with Crippen LogP contribution < -0.4 is 0 Å². The molecule has 0 nitrogen and oxygen atoms in total. The zero-order chi connectivity index (χ0) is 16.3. The van der Waals surface area contributed by atoms with Gasteiger partial charge in [0.2, 0.25) is 0 Å². The molecular formula is C22H41. The first-order valence-electron chi connectivity index (χ1n) is 9.91. The van der Waals surface area contributed by atoms with E-state index in [4.69, 9.17) is 0 Å². The largest absolute Gasteiger partial charge is 0.0998 e. The second kappa shape index (κ2) is 18.5. The van der Waals surface area contributed by atoms with E-state index >= 15 is 0 Å². The average molecular weight is 306 g/mol. The van der Waals surface area contributed by atoms with E-state index in [1.54, 1.807) is 0 Å². The predicted molar refractivity (Wildman–Crippen MR) is 103 cm³/mol. The van der Waals surface area contributed by atoms with Gasteiger partial charge in [-0.25, -0.2) is 0 Å². The maximum absolute atomic E-state index is 3.90. The van der Waals surface area contributed by atoms with E-state index in [0.29, 0.717) is 0 Å². The van der Waals surface area contributed by atoms with E-state index in [0.717, 1.165) is 0 Å². The van der Waals surface area contributed by atoms with Gasteiger partial charge in [0.15, 0.2) is 0 Å². The highest BCUT2D eigenvalue weighted by Gasteiger charge is 1.92. The molecule has 0 atom stereocenters. The molecular weight excluding hydrogens is 264 g/mol. The molecule has 0 aliphatic heterocycles. The molecule has 1 radical (unpaired) electrons. The van der Waals surface area contributed by atoms with Crippen LogP contribution in [-0.2, 0) is 0 Å². The SMILES string of the molecule is C=C(C)[CH]CCCCCCCC/C=C\CCCCCCCC. The molecule has 0 aliphatic carbocycles. The molecule has 0 bridgehead atoms. The summed E-state index contributed by atoms with van der Waals surface area (Å²) < 4.78 is 0. The van der Waals surface area contributed by atoms with Gasteiger partial charge in [-0.3, -0.25) is 0 Å². The van der Waals surface area contributed by atoms with Crippen molar-refractivity contribution < 1.29 is 0 Å². The molecule has 0 amide bonds. The van der Waals surface area contributed by atoms with Crippen LogP contribution in [0.5, 0.6) is 0 Å². The smallest absolute Gasteiger partial charge is 0.0143 e. The molecule has 0 unspecified atom stereocenters. The van der Waals surface area contributed by atoms with Gasteiger partial charge < -0.3 is 0 Å². The van der Waals surface area contributed by atoms with E-state index in [-0.39, 0.29) is 0 Å². The van der Waals surface area contributed by atoms with Gasteiger partial charge in [-0.15, -0.1) is 0 Å². The van der Waals surface area contributed by atoms with E-state index in [1.807, 2.05) is 0 Å². The Bertz CT molecular complexity index is 249. The van der Waals surface area contributed by atoms with E-state index < -0.39 is 0 Å². The van der Waals surface area contributed by atoms with Gasteiger partial charge in [-0.05, 0) is 45.4 Å². The first-order valence-corrected chi connectivity index (χ1v) is 9.91. The van der Waals surface area contributed by atoms with Crippen LogP contribution in [0.2, 0.25) is 0 Å². The van der Waals surface area contributed by atoms with Crippen molar-refractivity contribution in [2.24, 2.45) is 0 Å². The van der Waals surface area contributed by atoms with Gasteiger partial charge in [0, 0.05) is 0 Å². The van der Waals surface area contributed by atoms with Gasteiger partial charge in [0.05, 0.1) is 0 Å². The van der Waals surface area contributed by atoms with Gasteiger partial charge in [-0.2, -0.15) is 0 Å². The molecule has 0 fully saturated rings. The fourth-order valence-corrected chi connectivity index (χ4v) is 2.74. The van der Waals surface area contributed by atoms with Crippen molar-refractivity contribution in [1.29, 1.82) is 0 Å². The third-order valence-electron chi connectivity index (χ3n) is 4.21. The Morgan fingerprint density at radius 3 is 1.50 bits per heavy atom. The molecule has 0 saturated carbocycles. The molecule has 0 spiro atoms. The lowest BCUT2D eigenvalue weighted by Crippen LogP contribution is -1.82. The second-order valence-electron chi connectivity index (χ2n) is 6.78. The highest BCUT2D eigenvalue weighted by atomic mass is 14.0. The van der Waals surface area contributed by atoms with Gasteiger partial charge >= 0.3 is 0 Å². The zero-order valence-electron chi connectivity index (χ0n) is 15.5. The van der Waals surface area contributed by atoms with Gasteiger partial charge in [0.25, 0.3) is 0 Å². The van der Waals surface area contributed by atoms with Crippen molar-refractivity contribution in [3.8, 4) is 0 Å². The summed E-state index contributed by atoms with van der Waals surface area (Å²) in [6.45, 7) is 8.27. The lowest BCUT2D eigenvalue weighted by atomic mass is 10.1. The summed E-state index contributed by atoms with van der Waals surface area (Å²) in [6.07, 6.45) is 27.7. The fourth-order valence-electron chi connectivity index (χ4n) is 2.74. The lowest BCUT2D eigenvalue weighted by molar-refractivity contribution is 0.595. The minimum absolute atomic E-state index is 1.22. The fraction of sp³-hybridized carbons (Fsp3) is 0.773. The molecule has 0 N–H and O–H groups in total. The monoisotopic (exact) mass is 305 g/mol. The van der Waals surface area contributed by atoms with Gasteiger partial charge in [-0.1, -0.05) is 95.4 Å². The van der Waals surface area contributed by atoms with Crippen molar-refractivity contribution in [1.82, 2.24) is 0 Å². The number of hydrogen-bond acceptors (Lipinski definition) is 0. The Labute approximate surface area is 141 Å². The van der Waals surface area contributed by atoms with Crippen LogP contribution in [0.4, 0.5) is 0 Å². The lowest BCUT2D eigenvalue weighted by Gasteiger charge is -2.01. The van der Waals surface area contributed by atoms with Crippen LogP contribution in [0.1, 0.15) is 110 Å². The molecule has 0 aromatic carbocycles. The minimum atomic E-state index is 1.22. The first-order chi connectivity index (χ1) is 10.8. The highest BCUT2D eigenvalue weighted by Crippen LogP contribution is 2.12. The first kappa shape index (κ1) is 21.5. The summed E-state index contributed by atoms with van der Waals surface area (Å²) in [5, 5.41) is 0. The van der Waals surface area contributed by atoms with Crippen LogP contribution >= 0.6 is 0 Å². The Morgan fingerprint density at radius 2 is 1.05 bits per heavy atom. The summed E-state index contributed by atoms with van der Waals surface area (Å²) in [4.78, 5) is 0. The van der Waals surface area contributed by atoms with Crippen molar-refractivity contribution in [3.05, 3.63) is 30.7 Å². The Balaban J connectivity index is 3.06. The summed E-state index contributed by atoms with van der Waals surface area (Å²) >= 11 is 0. The van der Waals surface area contributed by atoms with E-state index in [2.05, 4.69) is 39.0 Å². The molecule has 0 heterocycles. The molecule has 0 aromatic heterocycles. The number of allylic oxidation sites excluding steroid dienone is 3. The van der Waals surface area contributed by atoms with Crippen LogP contribution in [0.25, 0.3) is 0 Å². The molecule has 0 rings (SSSR count). The maximum Gasteiger partial charge on any atom is -0.0143 e. The third kappa shape index (κ3) is 19.5. The summed E-state index contributed by atoms with van der Waals surface area (Å²) in [6, 6.07) is 0. The predicted octanol–water partition coefficient (Wildman–Crippen LogP) is 8.19. The Morgan fingerprint density at radius 1 is 0.636 bits per heavy atom. The van der Waals surface area contributed by atoms with E-state index in [9.17, 15) is 0 Å². The van der Waals surface area contributed by atoms with Crippen LogP contribution in [0, 0.1) is 6.42 Å². The average Bonchev–Trinajstić information content (AvgIpc) is 2.50. The molecule has 0 aromatic rings. The quantitative estimate of drug-likeness (QED) is 0.188. The van der Waals surface area contributed by atoms with E-state index in [1.165, 1.54) is 102 Å². The molecule has 0 heteroatoms. The number of hydrogen-bond donors (Lipinski definition) is 0. The zero-order valence-corrected chi connectivity index (χ0v) is 15.5. The third-order valence-corrected chi connectivity index (χ3v) is 4.21. The van der Waals surface area contributed by atoms with Crippen molar-refractivity contribution in [2.75, 3.05) is 0 Å². The minimum Gasteiger partial charge on any atom is -0.0998 e. The molecule has 0 aliphatic rings. The molecule has 129 valence electrons.